The van der Waals surface area contributed by atoms with Crippen LogP contribution in [0.5, 0.6) is 0 Å². The van der Waals surface area contributed by atoms with Crippen molar-refractivity contribution in [3.63, 3.8) is 0 Å². The molecule has 13 heteroatoms. The van der Waals surface area contributed by atoms with Gasteiger partial charge in [-0.25, -0.2) is 12.8 Å². The van der Waals surface area contributed by atoms with Crippen LogP contribution in [-0.2, 0) is 16.4 Å². The molecule has 0 saturated heterocycles. The highest BCUT2D eigenvalue weighted by Crippen LogP contribution is 2.37. The summed E-state index contributed by atoms with van der Waals surface area (Å²) >= 11 is 6.04. The number of halogens is 5. The van der Waals surface area contributed by atoms with Gasteiger partial charge in [-0.3, -0.25) is 9.78 Å². The molecule has 1 unspecified atom stereocenters. The summed E-state index contributed by atoms with van der Waals surface area (Å²) in [5.74, 6) is -1.43. The van der Waals surface area contributed by atoms with Gasteiger partial charge < -0.3 is 10.3 Å². The zero-order chi connectivity index (χ0) is 28.0. The maximum atomic E-state index is 14.8. The highest BCUT2D eigenvalue weighted by molar-refractivity contribution is 7.89. The lowest BCUT2D eigenvalue weighted by Gasteiger charge is -2.17. The number of carbonyl (C=O) groups is 1. The van der Waals surface area contributed by atoms with Gasteiger partial charge in [-0.05, 0) is 67.4 Å². The molecule has 1 atom stereocenters. The van der Waals surface area contributed by atoms with Gasteiger partial charge in [0, 0.05) is 22.3 Å². The van der Waals surface area contributed by atoms with Gasteiger partial charge in [0.1, 0.15) is 16.8 Å². The summed E-state index contributed by atoms with van der Waals surface area (Å²) in [4.78, 5) is 16.3. The first-order chi connectivity index (χ1) is 17.7. The second-order valence-corrected chi connectivity index (χ2v) is 10.6. The maximum Gasteiger partial charge on any atom is 0.404 e. The van der Waals surface area contributed by atoms with E-state index in [1.54, 1.807) is 46.5 Å². The van der Waals surface area contributed by atoms with Crippen LogP contribution in [0.3, 0.4) is 0 Å². The number of aryl methyl sites for hydroxylation is 1. The molecule has 7 nitrogen and oxygen atoms in total. The lowest BCUT2D eigenvalue weighted by Crippen LogP contribution is -2.42. The molecule has 0 aliphatic heterocycles. The van der Waals surface area contributed by atoms with Gasteiger partial charge in [0.05, 0.1) is 22.5 Å². The van der Waals surface area contributed by atoms with Crippen LogP contribution in [0.15, 0.2) is 59.6 Å². The van der Waals surface area contributed by atoms with Crippen LogP contribution < -0.4 is 10.5 Å². The zero-order valence-corrected chi connectivity index (χ0v) is 21.5. The van der Waals surface area contributed by atoms with Crippen LogP contribution in [0.1, 0.15) is 29.8 Å². The Hall–Kier alpha value is -3.48. The number of carbonyl (C=O) groups excluding carboxylic acids is 1. The first-order valence-electron chi connectivity index (χ1n) is 11.2. The Morgan fingerprint density at radius 3 is 2.34 bits per heavy atom. The summed E-state index contributed by atoms with van der Waals surface area (Å²) in [5, 5.41) is 0.645. The number of nitrogens with zero attached hydrogens (tertiary/aromatic N) is 2. The van der Waals surface area contributed by atoms with Crippen molar-refractivity contribution in [3.05, 3.63) is 76.7 Å². The summed E-state index contributed by atoms with van der Waals surface area (Å²) < 4.78 is 81.6. The molecule has 0 aliphatic carbocycles. The lowest BCUT2D eigenvalue weighted by molar-refractivity contribution is -0.147. The van der Waals surface area contributed by atoms with E-state index in [4.69, 9.17) is 17.3 Å². The number of nitrogens with two attached hydrogens (primary N) is 1. The summed E-state index contributed by atoms with van der Waals surface area (Å²) in [6.45, 7) is 2.44. The highest BCUT2D eigenvalue weighted by Gasteiger charge is 2.39. The largest absolute Gasteiger partial charge is 0.404 e. The van der Waals surface area contributed by atoms with Crippen molar-refractivity contribution < 1.29 is 30.8 Å². The Bertz CT molecular complexity index is 1630. The minimum Gasteiger partial charge on any atom is -0.366 e. The van der Waals surface area contributed by atoms with Gasteiger partial charge in [-0.1, -0.05) is 18.5 Å². The van der Waals surface area contributed by atoms with Crippen molar-refractivity contribution in [2.45, 2.75) is 37.4 Å². The van der Waals surface area contributed by atoms with E-state index in [0.717, 1.165) is 12.3 Å². The van der Waals surface area contributed by atoms with Gasteiger partial charge >= 0.3 is 6.18 Å². The van der Waals surface area contributed by atoms with E-state index in [1.165, 1.54) is 12.1 Å². The van der Waals surface area contributed by atoms with Gasteiger partial charge in [0.2, 0.25) is 10.0 Å². The smallest absolute Gasteiger partial charge is 0.366 e. The quantitative estimate of drug-likeness (QED) is 0.292. The molecular formula is C25H21ClF4N4O3S. The molecule has 2 aromatic carbocycles. The van der Waals surface area contributed by atoms with E-state index >= 15 is 0 Å². The van der Waals surface area contributed by atoms with Gasteiger partial charge in [0.15, 0.2) is 0 Å². The molecule has 2 aromatic heterocycles. The van der Waals surface area contributed by atoms with Crippen molar-refractivity contribution in [1.82, 2.24) is 14.3 Å². The Balaban J connectivity index is 1.96. The highest BCUT2D eigenvalue weighted by atomic mass is 35.5. The Morgan fingerprint density at radius 2 is 1.82 bits per heavy atom. The summed E-state index contributed by atoms with van der Waals surface area (Å²) in [6, 6.07) is 9.27. The molecule has 0 radical (unpaired) electrons. The van der Waals surface area contributed by atoms with Crippen LogP contribution in [0.2, 0.25) is 5.02 Å². The Labute approximate surface area is 220 Å². The van der Waals surface area contributed by atoms with Crippen LogP contribution >= 0.6 is 11.6 Å². The standard InChI is InChI=1S/C25H21ClF4N4O3S/c1-3-14-10-21-18(11-19(14)27)22(24(31)35)23(34(21)16-6-4-15(26)5-7-16)20-9-8-17(12-32-20)38(36,37)33-13(2)25(28,29)30/h4-13,33H,3H2,1-2H3,(H2,31,35). The second kappa shape index (κ2) is 10.0. The van der Waals surface area contributed by atoms with Gasteiger partial charge in [-0.2, -0.15) is 17.9 Å². The van der Waals surface area contributed by atoms with E-state index in [2.05, 4.69) is 4.98 Å². The number of alkyl halides is 3. The molecule has 0 aliphatic rings. The van der Waals surface area contributed by atoms with Crippen molar-refractivity contribution in [3.8, 4) is 17.1 Å². The van der Waals surface area contributed by atoms with E-state index in [-0.39, 0.29) is 22.3 Å². The number of sulfonamides is 1. The van der Waals surface area contributed by atoms with Crippen LogP contribution in [0, 0.1) is 5.82 Å². The Morgan fingerprint density at radius 1 is 1.16 bits per heavy atom. The van der Waals surface area contributed by atoms with Crippen LogP contribution in [-0.4, -0.2) is 36.1 Å². The maximum absolute atomic E-state index is 14.8. The van der Waals surface area contributed by atoms with Crippen LogP contribution in [0.4, 0.5) is 17.6 Å². The van der Waals surface area contributed by atoms with E-state index in [1.807, 2.05) is 0 Å². The first-order valence-corrected chi connectivity index (χ1v) is 13.1. The van der Waals surface area contributed by atoms with Crippen molar-refractivity contribution >= 4 is 38.4 Å². The molecule has 38 heavy (non-hydrogen) atoms. The number of amides is 1. The normalized spacial score (nSPS) is 13.1. The number of aromatic nitrogens is 2. The fourth-order valence-corrected chi connectivity index (χ4v) is 5.32. The molecule has 200 valence electrons. The minimum atomic E-state index is -4.79. The topological polar surface area (TPSA) is 107 Å². The number of primary amides is 1. The summed E-state index contributed by atoms with van der Waals surface area (Å²) in [6.07, 6.45) is -3.56. The SMILES string of the molecule is CCc1cc2c(cc1F)c(C(N)=O)c(-c1ccc(S(=O)(=O)NC(C)C(F)(F)F)cn1)n2-c1ccc(Cl)cc1. The molecular weight excluding hydrogens is 548 g/mol. The van der Waals surface area contributed by atoms with E-state index in [0.29, 0.717) is 35.1 Å². The van der Waals surface area contributed by atoms with Crippen molar-refractivity contribution in [1.29, 1.82) is 0 Å². The zero-order valence-electron chi connectivity index (χ0n) is 20.0. The average molecular weight is 569 g/mol. The fraction of sp³-hybridized carbons (Fsp3) is 0.200. The molecule has 4 aromatic rings. The average Bonchev–Trinajstić information content (AvgIpc) is 3.17. The molecule has 0 spiro atoms. The molecule has 0 saturated carbocycles. The summed E-state index contributed by atoms with van der Waals surface area (Å²) in [7, 11) is -4.57. The number of hydrogen-bond acceptors (Lipinski definition) is 4. The molecule has 0 fully saturated rings. The molecule has 4 rings (SSSR count). The predicted molar refractivity (Wildman–Crippen MR) is 135 cm³/mol. The van der Waals surface area contributed by atoms with E-state index < -0.39 is 38.9 Å². The number of pyridine rings is 1. The van der Waals surface area contributed by atoms with Crippen molar-refractivity contribution in [2.24, 2.45) is 5.73 Å². The molecule has 0 bridgehead atoms. The lowest BCUT2D eigenvalue weighted by atomic mass is 10.0. The first kappa shape index (κ1) is 27.6. The van der Waals surface area contributed by atoms with E-state index in [9.17, 15) is 30.8 Å². The number of benzene rings is 2. The third kappa shape index (κ3) is 5.11. The minimum absolute atomic E-state index is 0.0663. The third-order valence-corrected chi connectivity index (χ3v) is 7.74. The monoisotopic (exact) mass is 568 g/mol. The van der Waals surface area contributed by atoms with Crippen molar-refractivity contribution in [2.75, 3.05) is 0 Å². The third-order valence-electron chi connectivity index (χ3n) is 5.96. The second-order valence-electron chi connectivity index (χ2n) is 8.48. The van der Waals surface area contributed by atoms with Gasteiger partial charge in [0.25, 0.3) is 5.91 Å². The fourth-order valence-electron chi connectivity index (χ4n) is 4.02. The number of fused-ring (bicyclic) bond motifs is 1. The number of rotatable bonds is 7. The van der Waals surface area contributed by atoms with Gasteiger partial charge in [-0.15, -0.1) is 0 Å². The Kier molecular flexibility index (Phi) is 7.26. The predicted octanol–water partition coefficient (Wildman–Crippen LogP) is 5.38. The van der Waals surface area contributed by atoms with Crippen LogP contribution in [0.25, 0.3) is 28.0 Å². The molecule has 2 heterocycles. The number of hydrogen-bond donors (Lipinski definition) is 2. The number of nitrogens with one attached hydrogen (secondary N) is 1. The molecule has 1 amide bonds. The summed E-state index contributed by atoms with van der Waals surface area (Å²) in [5.41, 5.74) is 7.21. The molecule has 3 N–H and O–H groups in total.